The van der Waals surface area contributed by atoms with E-state index < -0.39 is 0 Å². The lowest BCUT2D eigenvalue weighted by atomic mass is 10.1. The maximum Gasteiger partial charge on any atom is 0.255 e. The minimum atomic E-state index is -0.0186. The molecular formula is C18H19N5O2S. The van der Waals surface area contributed by atoms with Gasteiger partial charge in [0.05, 0.1) is 13.1 Å². The molecule has 26 heavy (non-hydrogen) atoms. The number of aromatic nitrogens is 4. The molecule has 0 atom stereocenters. The van der Waals surface area contributed by atoms with Gasteiger partial charge in [-0.25, -0.2) is 4.98 Å². The van der Waals surface area contributed by atoms with Crippen LogP contribution in [-0.2, 0) is 4.79 Å². The van der Waals surface area contributed by atoms with Crippen molar-refractivity contribution in [2.24, 2.45) is 0 Å². The van der Waals surface area contributed by atoms with Gasteiger partial charge in [0.25, 0.3) is 5.78 Å². The molecule has 1 aliphatic heterocycles. The van der Waals surface area contributed by atoms with Crippen LogP contribution in [0, 0.1) is 6.92 Å². The third-order valence-corrected chi connectivity index (χ3v) is 5.18. The van der Waals surface area contributed by atoms with Gasteiger partial charge in [-0.3, -0.25) is 4.79 Å². The van der Waals surface area contributed by atoms with Gasteiger partial charge in [0.2, 0.25) is 11.8 Å². The number of rotatable bonds is 6. The molecule has 1 fully saturated rings. The van der Waals surface area contributed by atoms with E-state index in [1.807, 2.05) is 36.1 Å². The van der Waals surface area contributed by atoms with E-state index >= 15 is 0 Å². The molecule has 3 heterocycles. The van der Waals surface area contributed by atoms with Gasteiger partial charge < -0.3 is 9.64 Å². The van der Waals surface area contributed by atoms with Gasteiger partial charge in [0, 0.05) is 28.8 Å². The molecule has 1 amide bonds. The lowest BCUT2D eigenvalue weighted by molar-refractivity contribution is -0.139. The number of hydrogen-bond acceptors (Lipinski definition) is 6. The molecule has 1 aromatic carbocycles. The van der Waals surface area contributed by atoms with Crippen LogP contribution in [0.4, 0.5) is 0 Å². The number of likely N-dealkylation sites (tertiary alicyclic amines) is 1. The summed E-state index contributed by atoms with van der Waals surface area (Å²) in [5, 5.41) is 4.13. The molecule has 4 rings (SSSR count). The minimum Gasteiger partial charge on any atom is -0.470 e. The Balaban J connectivity index is 1.26. The first-order valence-corrected chi connectivity index (χ1v) is 9.47. The summed E-state index contributed by atoms with van der Waals surface area (Å²) in [4.78, 5) is 23.7. The second kappa shape index (κ2) is 7.33. The second-order valence-electron chi connectivity index (χ2n) is 6.16. The summed E-state index contributed by atoms with van der Waals surface area (Å²) in [6, 6.07) is 12.0. The predicted octanol–water partition coefficient (Wildman–Crippen LogP) is 2.20. The van der Waals surface area contributed by atoms with Crippen LogP contribution < -0.4 is 4.74 Å². The molecule has 0 radical (unpaired) electrons. The summed E-state index contributed by atoms with van der Waals surface area (Å²) in [5.74, 6) is 2.09. The van der Waals surface area contributed by atoms with Crippen LogP contribution in [0.15, 0.2) is 47.6 Å². The molecule has 0 saturated carbocycles. The zero-order valence-electron chi connectivity index (χ0n) is 14.4. The highest BCUT2D eigenvalue weighted by molar-refractivity contribution is 7.99. The van der Waals surface area contributed by atoms with E-state index in [-0.39, 0.29) is 12.0 Å². The average molecular weight is 369 g/mol. The van der Waals surface area contributed by atoms with Crippen LogP contribution in [0.1, 0.15) is 12.1 Å². The van der Waals surface area contributed by atoms with Crippen molar-refractivity contribution in [3.63, 3.8) is 0 Å². The Morgan fingerprint density at radius 2 is 2.12 bits per heavy atom. The quantitative estimate of drug-likeness (QED) is 0.620. The lowest BCUT2D eigenvalue weighted by Crippen LogP contribution is -2.56. The fourth-order valence-corrected chi connectivity index (χ4v) is 3.66. The number of benzene rings is 1. The van der Waals surface area contributed by atoms with Crippen molar-refractivity contribution in [1.29, 1.82) is 0 Å². The SMILES string of the molecule is Cc1cc(OC2CN(C(=O)CCSc3ccccc3)C2)n2ncnc2n1. The van der Waals surface area contributed by atoms with Gasteiger partial charge >= 0.3 is 0 Å². The first-order chi connectivity index (χ1) is 12.7. The minimum absolute atomic E-state index is 0.0186. The number of ether oxygens (including phenoxy) is 1. The highest BCUT2D eigenvalue weighted by Crippen LogP contribution is 2.22. The summed E-state index contributed by atoms with van der Waals surface area (Å²) < 4.78 is 7.56. The van der Waals surface area contributed by atoms with Crippen LogP contribution in [0.2, 0.25) is 0 Å². The van der Waals surface area contributed by atoms with Gasteiger partial charge in [-0.1, -0.05) is 18.2 Å². The van der Waals surface area contributed by atoms with E-state index in [1.54, 1.807) is 16.3 Å². The van der Waals surface area contributed by atoms with Crippen molar-refractivity contribution < 1.29 is 9.53 Å². The summed E-state index contributed by atoms with van der Waals surface area (Å²) in [6.07, 6.45) is 1.97. The molecule has 134 valence electrons. The molecule has 0 unspecified atom stereocenters. The van der Waals surface area contributed by atoms with Crippen LogP contribution in [-0.4, -0.2) is 55.3 Å². The first-order valence-electron chi connectivity index (χ1n) is 8.49. The summed E-state index contributed by atoms with van der Waals surface area (Å²) in [5.41, 5.74) is 0.825. The molecule has 1 aliphatic rings. The van der Waals surface area contributed by atoms with Crippen molar-refractivity contribution in [1.82, 2.24) is 24.5 Å². The van der Waals surface area contributed by atoms with Crippen molar-refractivity contribution >= 4 is 23.4 Å². The molecule has 1 saturated heterocycles. The Hall–Kier alpha value is -2.61. The molecule has 0 N–H and O–H groups in total. The molecule has 3 aromatic rings. The second-order valence-corrected chi connectivity index (χ2v) is 7.33. The first kappa shape index (κ1) is 16.8. The fraction of sp³-hybridized carbons (Fsp3) is 0.333. The fourth-order valence-electron chi connectivity index (χ4n) is 2.80. The molecule has 0 aliphatic carbocycles. The Labute approximate surface area is 155 Å². The molecule has 0 spiro atoms. The van der Waals surface area contributed by atoms with Crippen LogP contribution in [0.25, 0.3) is 5.78 Å². The smallest absolute Gasteiger partial charge is 0.255 e. The zero-order chi connectivity index (χ0) is 17.9. The summed E-state index contributed by atoms with van der Waals surface area (Å²) in [6.45, 7) is 3.10. The topological polar surface area (TPSA) is 72.6 Å². The highest BCUT2D eigenvalue weighted by atomic mass is 32.2. The highest BCUT2D eigenvalue weighted by Gasteiger charge is 2.32. The average Bonchev–Trinajstić information content (AvgIpc) is 3.06. The number of carbonyl (C=O) groups is 1. The maximum absolute atomic E-state index is 12.3. The number of carbonyl (C=O) groups excluding carboxylic acids is 1. The Morgan fingerprint density at radius 3 is 2.92 bits per heavy atom. The van der Waals surface area contributed by atoms with Crippen LogP contribution >= 0.6 is 11.8 Å². The van der Waals surface area contributed by atoms with Gasteiger partial charge in [-0.2, -0.15) is 14.6 Å². The third kappa shape index (κ3) is 3.65. The van der Waals surface area contributed by atoms with Gasteiger partial charge in [-0.05, 0) is 19.1 Å². The van der Waals surface area contributed by atoms with E-state index in [9.17, 15) is 4.79 Å². The Morgan fingerprint density at radius 1 is 1.31 bits per heavy atom. The maximum atomic E-state index is 12.3. The van der Waals surface area contributed by atoms with Crippen molar-refractivity contribution in [3.8, 4) is 5.88 Å². The van der Waals surface area contributed by atoms with E-state index in [2.05, 4.69) is 27.2 Å². The molecule has 0 bridgehead atoms. The Kier molecular flexibility index (Phi) is 4.75. The predicted molar refractivity (Wildman–Crippen MR) is 98.3 cm³/mol. The number of fused-ring (bicyclic) bond motifs is 1. The van der Waals surface area contributed by atoms with Gasteiger partial charge in [-0.15, -0.1) is 11.8 Å². The number of hydrogen-bond donors (Lipinski definition) is 0. The molecular weight excluding hydrogens is 350 g/mol. The standard InChI is InChI=1S/C18H19N5O2S/c1-13-9-17(23-18(21-13)19-12-20-23)25-14-10-22(11-14)16(24)7-8-26-15-5-3-2-4-6-15/h2-6,9,12,14H,7-8,10-11H2,1H3. The molecule has 2 aromatic heterocycles. The largest absolute Gasteiger partial charge is 0.470 e. The lowest BCUT2D eigenvalue weighted by Gasteiger charge is -2.38. The van der Waals surface area contributed by atoms with Crippen molar-refractivity contribution in [2.75, 3.05) is 18.8 Å². The third-order valence-electron chi connectivity index (χ3n) is 4.16. The number of thioether (sulfide) groups is 1. The monoisotopic (exact) mass is 369 g/mol. The molecule has 8 heteroatoms. The van der Waals surface area contributed by atoms with Crippen molar-refractivity contribution in [3.05, 3.63) is 48.4 Å². The normalized spacial score (nSPS) is 14.4. The van der Waals surface area contributed by atoms with E-state index in [1.165, 1.54) is 11.2 Å². The van der Waals surface area contributed by atoms with Crippen LogP contribution in [0.3, 0.4) is 0 Å². The Bertz CT molecular complexity index is 908. The summed E-state index contributed by atoms with van der Waals surface area (Å²) >= 11 is 1.70. The van der Waals surface area contributed by atoms with E-state index in [4.69, 9.17) is 4.74 Å². The number of nitrogens with zero attached hydrogens (tertiary/aromatic N) is 5. The summed E-state index contributed by atoms with van der Waals surface area (Å²) in [7, 11) is 0. The van der Waals surface area contributed by atoms with Crippen molar-refractivity contribution in [2.45, 2.75) is 24.3 Å². The van der Waals surface area contributed by atoms with Gasteiger partial charge in [0.1, 0.15) is 12.4 Å². The van der Waals surface area contributed by atoms with E-state index in [0.717, 1.165) is 11.4 Å². The zero-order valence-corrected chi connectivity index (χ0v) is 15.2. The number of aryl methyl sites for hydroxylation is 1. The molecule has 7 nitrogen and oxygen atoms in total. The number of amides is 1. The van der Waals surface area contributed by atoms with Crippen LogP contribution in [0.5, 0.6) is 5.88 Å². The van der Waals surface area contributed by atoms with Gasteiger partial charge in [0.15, 0.2) is 0 Å². The van der Waals surface area contributed by atoms with E-state index in [0.29, 0.717) is 31.2 Å².